The molecule has 0 saturated carbocycles. The van der Waals surface area contributed by atoms with E-state index in [4.69, 9.17) is 4.74 Å². The highest BCUT2D eigenvalue weighted by Gasteiger charge is 2.25. The van der Waals surface area contributed by atoms with Gasteiger partial charge in [0.15, 0.2) is 0 Å². The summed E-state index contributed by atoms with van der Waals surface area (Å²) in [6, 6.07) is 0. The van der Waals surface area contributed by atoms with Gasteiger partial charge in [-0.3, -0.25) is 4.79 Å². The number of rotatable bonds is 8. The summed E-state index contributed by atoms with van der Waals surface area (Å²) in [6.07, 6.45) is 11.4. The highest BCUT2D eigenvalue weighted by Crippen LogP contribution is 2.23. The van der Waals surface area contributed by atoms with Crippen LogP contribution in [0.3, 0.4) is 0 Å². The number of hydrogen-bond acceptors (Lipinski definition) is 3. The van der Waals surface area contributed by atoms with Crippen LogP contribution in [-0.2, 0) is 9.53 Å². The van der Waals surface area contributed by atoms with Gasteiger partial charge in [-0.2, -0.15) is 0 Å². The summed E-state index contributed by atoms with van der Waals surface area (Å²) in [6.45, 7) is 7.61. The maximum Gasteiger partial charge on any atom is 0.223 e. The molecule has 1 N–H and O–H groups in total. The first-order chi connectivity index (χ1) is 10.8. The average Bonchev–Trinajstić information content (AvgIpc) is 2.56. The van der Waals surface area contributed by atoms with E-state index < -0.39 is 0 Å². The fourth-order valence-corrected chi connectivity index (χ4v) is 3.44. The van der Waals surface area contributed by atoms with Crippen LogP contribution in [0.25, 0.3) is 0 Å². The molecule has 0 aromatic heterocycles. The lowest BCUT2D eigenvalue weighted by molar-refractivity contribution is -0.126. The third-order valence-corrected chi connectivity index (χ3v) is 4.82. The van der Waals surface area contributed by atoms with Gasteiger partial charge >= 0.3 is 0 Å². The van der Waals surface area contributed by atoms with Crippen molar-refractivity contribution < 1.29 is 9.53 Å². The van der Waals surface area contributed by atoms with Gasteiger partial charge in [0.25, 0.3) is 0 Å². The molecule has 1 atom stereocenters. The number of piperidine rings is 1. The first kappa shape index (κ1) is 17.5. The van der Waals surface area contributed by atoms with Gasteiger partial charge in [0.2, 0.25) is 5.91 Å². The summed E-state index contributed by atoms with van der Waals surface area (Å²) >= 11 is 0. The zero-order valence-corrected chi connectivity index (χ0v) is 14.1. The summed E-state index contributed by atoms with van der Waals surface area (Å²) in [4.78, 5) is 14.7. The van der Waals surface area contributed by atoms with Gasteiger partial charge in [-0.15, -0.1) is 0 Å². The molecule has 2 aliphatic rings. The van der Waals surface area contributed by atoms with E-state index >= 15 is 0 Å². The van der Waals surface area contributed by atoms with Crippen LogP contribution in [-0.4, -0.2) is 50.2 Å². The van der Waals surface area contributed by atoms with Crippen molar-refractivity contribution >= 4 is 5.91 Å². The molecule has 0 aromatic rings. The van der Waals surface area contributed by atoms with Crippen molar-refractivity contribution in [2.75, 3.05) is 39.4 Å². The SMILES string of the molecule is CCOCCCNC(=O)C1CCN(CC2CC=CCC2)CC1. The number of nitrogens with one attached hydrogen (secondary N) is 1. The quantitative estimate of drug-likeness (QED) is 0.553. The topological polar surface area (TPSA) is 41.6 Å². The van der Waals surface area contributed by atoms with Crippen LogP contribution in [0.5, 0.6) is 0 Å². The van der Waals surface area contributed by atoms with Gasteiger partial charge in [0.1, 0.15) is 0 Å². The van der Waals surface area contributed by atoms with Gasteiger partial charge in [-0.1, -0.05) is 12.2 Å². The number of nitrogens with zero attached hydrogens (tertiary/aromatic N) is 1. The zero-order valence-electron chi connectivity index (χ0n) is 14.1. The number of carbonyl (C=O) groups excluding carboxylic acids is 1. The molecule has 0 aromatic carbocycles. The molecule has 0 spiro atoms. The third kappa shape index (κ3) is 6.09. The monoisotopic (exact) mass is 308 g/mol. The average molecular weight is 308 g/mol. The Morgan fingerprint density at radius 1 is 1.27 bits per heavy atom. The summed E-state index contributed by atoms with van der Waals surface area (Å²) in [5, 5.41) is 3.06. The highest BCUT2D eigenvalue weighted by atomic mass is 16.5. The number of hydrogen-bond donors (Lipinski definition) is 1. The minimum Gasteiger partial charge on any atom is -0.382 e. The van der Waals surface area contributed by atoms with E-state index in [0.29, 0.717) is 0 Å². The Morgan fingerprint density at radius 3 is 2.77 bits per heavy atom. The van der Waals surface area contributed by atoms with Crippen molar-refractivity contribution in [2.45, 2.75) is 45.4 Å². The predicted octanol–water partition coefficient (Wildman–Crippen LogP) is 2.60. The number of ether oxygens (including phenoxy) is 1. The van der Waals surface area contributed by atoms with Crippen LogP contribution in [0.4, 0.5) is 0 Å². The second kappa shape index (κ2) is 10.0. The van der Waals surface area contributed by atoms with E-state index in [1.807, 2.05) is 6.92 Å². The van der Waals surface area contributed by atoms with E-state index in [2.05, 4.69) is 22.4 Å². The zero-order chi connectivity index (χ0) is 15.6. The molecule has 1 heterocycles. The number of carbonyl (C=O) groups is 1. The maximum absolute atomic E-state index is 12.1. The van der Waals surface area contributed by atoms with E-state index in [9.17, 15) is 4.79 Å². The molecule has 0 bridgehead atoms. The number of amides is 1. The molecular weight excluding hydrogens is 276 g/mol. The van der Waals surface area contributed by atoms with E-state index in [0.717, 1.165) is 58.0 Å². The van der Waals surface area contributed by atoms with Gasteiger partial charge in [-0.05, 0) is 64.5 Å². The Kier molecular flexibility index (Phi) is 7.95. The van der Waals surface area contributed by atoms with Crippen LogP contribution >= 0.6 is 0 Å². The predicted molar refractivity (Wildman–Crippen MR) is 89.8 cm³/mol. The first-order valence-electron chi connectivity index (χ1n) is 9.02. The molecule has 1 fully saturated rings. The van der Waals surface area contributed by atoms with E-state index in [1.54, 1.807) is 0 Å². The summed E-state index contributed by atoms with van der Waals surface area (Å²) in [7, 11) is 0. The normalized spacial score (nSPS) is 23.6. The molecule has 126 valence electrons. The molecule has 1 aliphatic heterocycles. The van der Waals surface area contributed by atoms with Gasteiger partial charge < -0.3 is 15.0 Å². The summed E-state index contributed by atoms with van der Waals surface area (Å²) < 4.78 is 5.28. The van der Waals surface area contributed by atoms with Crippen LogP contribution in [0.2, 0.25) is 0 Å². The maximum atomic E-state index is 12.1. The first-order valence-corrected chi connectivity index (χ1v) is 9.02. The molecule has 1 unspecified atom stereocenters. The number of allylic oxidation sites excluding steroid dienone is 2. The van der Waals surface area contributed by atoms with Gasteiger partial charge in [0.05, 0.1) is 0 Å². The molecule has 0 radical (unpaired) electrons. The van der Waals surface area contributed by atoms with Crippen LogP contribution in [0.15, 0.2) is 12.2 Å². The minimum absolute atomic E-state index is 0.217. The highest BCUT2D eigenvalue weighted by molar-refractivity contribution is 5.78. The summed E-state index contributed by atoms with van der Waals surface area (Å²) in [5.41, 5.74) is 0. The Morgan fingerprint density at radius 2 is 2.09 bits per heavy atom. The minimum atomic E-state index is 0.217. The molecule has 2 rings (SSSR count). The molecule has 4 nitrogen and oxygen atoms in total. The molecule has 1 amide bonds. The van der Waals surface area contributed by atoms with Crippen molar-refractivity contribution in [3.05, 3.63) is 12.2 Å². The fraction of sp³-hybridized carbons (Fsp3) is 0.833. The smallest absolute Gasteiger partial charge is 0.223 e. The lowest BCUT2D eigenvalue weighted by Crippen LogP contribution is -2.42. The fourth-order valence-electron chi connectivity index (χ4n) is 3.44. The van der Waals surface area contributed by atoms with E-state index in [1.165, 1.54) is 25.8 Å². The molecule has 4 heteroatoms. The molecule has 22 heavy (non-hydrogen) atoms. The van der Waals surface area contributed by atoms with Crippen LogP contribution in [0.1, 0.15) is 45.4 Å². The number of likely N-dealkylation sites (tertiary alicyclic amines) is 1. The second-order valence-corrected chi connectivity index (χ2v) is 6.57. The van der Waals surface area contributed by atoms with Crippen molar-refractivity contribution in [1.29, 1.82) is 0 Å². The Labute approximate surface area is 135 Å². The van der Waals surface area contributed by atoms with E-state index in [-0.39, 0.29) is 11.8 Å². The second-order valence-electron chi connectivity index (χ2n) is 6.57. The Bertz CT molecular complexity index is 349. The molecule has 1 saturated heterocycles. The van der Waals surface area contributed by atoms with Crippen molar-refractivity contribution in [2.24, 2.45) is 11.8 Å². The standard InChI is InChI=1S/C18H32N2O2/c1-2-22-14-6-11-19-18(21)17-9-12-20(13-10-17)15-16-7-4-3-5-8-16/h3-4,16-17H,2,5-15H2,1H3,(H,19,21). The molecule has 1 aliphatic carbocycles. The Hall–Kier alpha value is -0.870. The van der Waals surface area contributed by atoms with Crippen molar-refractivity contribution in [3.63, 3.8) is 0 Å². The largest absolute Gasteiger partial charge is 0.382 e. The third-order valence-electron chi connectivity index (χ3n) is 4.82. The lowest BCUT2D eigenvalue weighted by Gasteiger charge is -2.34. The van der Waals surface area contributed by atoms with Crippen molar-refractivity contribution in [1.82, 2.24) is 10.2 Å². The Balaban J connectivity index is 1.57. The molecular formula is C18H32N2O2. The lowest BCUT2D eigenvalue weighted by atomic mass is 9.91. The van der Waals surface area contributed by atoms with Crippen LogP contribution in [0, 0.1) is 11.8 Å². The van der Waals surface area contributed by atoms with Crippen molar-refractivity contribution in [3.8, 4) is 0 Å². The van der Waals surface area contributed by atoms with Crippen LogP contribution < -0.4 is 5.32 Å². The van der Waals surface area contributed by atoms with Gasteiger partial charge in [-0.25, -0.2) is 0 Å². The van der Waals surface area contributed by atoms with Gasteiger partial charge in [0, 0.05) is 32.2 Å². The summed E-state index contributed by atoms with van der Waals surface area (Å²) in [5.74, 6) is 1.29.